The van der Waals surface area contributed by atoms with Crippen LogP contribution in [-0.2, 0) is 4.79 Å². The van der Waals surface area contributed by atoms with E-state index in [9.17, 15) is 14.4 Å². The fraction of sp³-hybridized carbons (Fsp3) is 0.107. The van der Waals surface area contributed by atoms with Crippen LogP contribution in [0.5, 0.6) is 0 Å². The highest BCUT2D eigenvalue weighted by Crippen LogP contribution is 2.49. The number of halogens is 2. The van der Waals surface area contributed by atoms with E-state index in [4.69, 9.17) is 5.11 Å². The summed E-state index contributed by atoms with van der Waals surface area (Å²) in [5.74, 6) is -2.04. The minimum atomic E-state index is -1.06. The molecule has 0 spiro atoms. The highest BCUT2D eigenvalue weighted by atomic mass is 19.1. The van der Waals surface area contributed by atoms with Gasteiger partial charge in [0.25, 0.3) is 0 Å². The molecule has 5 nitrogen and oxygen atoms in total. The molecule has 1 aromatic heterocycles. The Morgan fingerprint density at radius 2 is 1.80 bits per heavy atom. The molecular formula is C28H19F2N3O2. The molecule has 0 radical (unpaired) electrons. The van der Waals surface area contributed by atoms with Crippen molar-refractivity contribution in [1.29, 1.82) is 5.26 Å². The van der Waals surface area contributed by atoms with Crippen molar-refractivity contribution < 1.29 is 18.7 Å². The summed E-state index contributed by atoms with van der Waals surface area (Å²) in [6.07, 6.45) is 4.26. The Hall–Kier alpha value is -4.57. The summed E-state index contributed by atoms with van der Waals surface area (Å²) < 4.78 is 29.7. The first-order chi connectivity index (χ1) is 17.0. The van der Waals surface area contributed by atoms with Crippen LogP contribution >= 0.6 is 0 Å². The van der Waals surface area contributed by atoms with Crippen LogP contribution in [-0.4, -0.2) is 21.3 Å². The second-order valence-corrected chi connectivity index (χ2v) is 8.37. The fourth-order valence-electron chi connectivity index (χ4n) is 4.39. The van der Waals surface area contributed by atoms with E-state index in [2.05, 4.69) is 16.3 Å². The summed E-state index contributed by atoms with van der Waals surface area (Å²) in [6.45, 7) is 0. The zero-order valence-corrected chi connectivity index (χ0v) is 18.4. The van der Waals surface area contributed by atoms with E-state index in [1.807, 2.05) is 0 Å². The van der Waals surface area contributed by atoms with E-state index in [0.717, 1.165) is 24.5 Å². The number of nitriles is 1. The topological polar surface area (TPSA) is 89.8 Å². The molecule has 0 unspecified atom stereocenters. The molecule has 2 N–H and O–H groups in total. The molecule has 0 aliphatic heterocycles. The zero-order chi connectivity index (χ0) is 24.5. The quantitative estimate of drug-likeness (QED) is 0.262. The molecule has 1 aliphatic carbocycles. The highest BCUT2D eigenvalue weighted by Gasteiger charge is 2.33. The Bertz CT molecular complexity index is 1560. The van der Waals surface area contributed by atoms with Gasteiger partial charge in [-0.3, -0.25) is 5.10 Å². The molecule has 35 heavy (non-hydrogen) atoms. The number of nitrogens with one attached hydrogen (secondary N) is 1. The van der Waals surface area contributed by atoms with E-state index >= 15 is 4.39 Å². The number of hydrogen-bond acceptors (Lipinski definition) is 3. The monoisotopic (exact) mass is 467 g/mol. The van der Waals surface area contributed by atoms with Crippen molar-refractivity contribution in [3.05, 3.63) is 106 Å². The van der Waals surface area contributed by atoms with Crippen molar-refractivity contribution in [2.75, 3.05) is 0 Å². The number of aromatic nitrogens is 2. The average Bonchev–Trinajstić information content (AvgIpc) is 3.63. The van der Waals surface area contributed by atoms with Gasteiger partial charge in [-0.1, -0.05) is 48.5 Å². The van der Waals surface area contributed by atoms with Gasteiger partial charge >= 0.3 is 5.97 Å². The number of allylic oxidation sites excluding steroid dienone is 1. The van der Waals surface area contributed by atoms with Gasteiger partial charge in [0.05, 0.1) is 16.5 Å². The maximum Gasteiger partial charge on any atom is 0.328 e. The van der Waals surface area contributed by atoms with Gasteiger partial charge < -0.3 is 5.11 Å². The van der Waals surface area contributed by atoms with E-state index < -0.39 is 11.9 Å². The standard InChI is InChI=1S/C28H19F2N3O2/c29-22-4-2-1-3-20(22)26(18-10-11-18)25(17-8-5-16(6-9-17)7-14-24(34)35)19-12-13-23-27(21(19)15-31)28(30)33-32-23/h1-9,12-14,18H,10-11H2,(H,32,33)(H,34,35)/b14-7+,26-25?. The van der Waals surface area contributed by atoms with Crippen molar-refractivity contribution in [3.63, 3.8) is 0 Å². The molecule has 5 rings (SSSR count). The lowest BCUT2D eigenvalue weighted by Crippen LogP contribution is -2.02. The zero-order valence-electron chi connectivity index (χ0n) is 18.4. The average molecular weight is 467 g/mol. The minimum absolute atomic E-state index is 0.0879. The molecule has 1 heterocycles. The third kappa shape index (κ3) is 4.22. The summed E-state index contributed by atoms with van der Waals surface area (Å²) in [5, 5.41) is 25.3. The van der Waals surface area contributed by atoms with Crippen molar-refractivity contribution in [2.24, 2.45) is 5.92 Å². The van der Waals surface area contributed by atoms with Gasteiger partial charge in [-0.25, -0.2) is 9.18 Å². The van der Waals surface area contributed by atoms with Gasteiger partial charge in [0.15, 0.2) is 0 Å². The second kappa shape index (κ2) is 8.99. The molecule has 1 saturated carbocycles. The summed E-state index contributed by atoms with van der Waals surface area (Å²) in [6, 6.07) is 19.1. The molecule has 4 aromatic rings. The fourth-order valence-corrected chi connectivity index (χ4v) is 4.39. The Morgan fingerprint density at radius 3 is 2.46 bits per heavy atom. The Kier molecular flexibility index (Phi) is 5.71. The van der Waals surface area contributed by atoms with Crippen LogP contribution in [0.25, 0.3) is 28.1 Å². The lowest BCUT2D eigenvalue weighted by atomic mass is 9.84. The highest BCUT2D eigenvalue weighted by molar-refractivity contribution is 6.04. The van der Waals surface area contributed by atoms with Crippen molar-refractivity contribution in [2.45, 2.75) is 12.8 Å². The molecule has 1 aliphatic rings. The number of carboxylic acid groups (broad SMARTS) is 1. The number of carboxylic acids is 1. The maximum absolute atomic E-state index is 15.1. The summed E-state index contributed by atoms with van der Waals surface area (Å²) in [5.41, 5.74) is 4.16. The number of aliphatic carboxylic acids is 1. The number of fused-ring (bicyclic) bond motifs is 1. The molecule has 1 fully saturated rings. The number of aromatic amines is 1. The molecule has 3 aromatic carbocycles. The van der Waals surface area contributed by atoms with Crippen molar-refractivity contribution >= 4 is 34.1 Å². The number of H-pyrrole nitrogens is 1. The Morgan fingerprint density at radius 1 is 1.06 bits per heavy atom. The predicted molar refractivity (Wildman–Crippen MR) is 129 cm³/mol. The van der Waals surface area contributed by atoms with Gasteiger partial charge in [-0.2, -0.15) is 14.8 Å². The SMILES string of the molecule is N#Cc1c(C(=C(c2ccccc2F)C2CC2)c2ccc(/C=C/C(=O)O)cc2)ccc2n[nH]c(F)c12. The molecular weight excluding hydrogens is 448 g/mol. The first kappa shape index (κ1) is 22.2. The van der Waals surface area contributed by atoms with Crippen LogP contribution in [0.15, 0.2) is 66.7 Å². The summed E-state index contributed by atoms with van der Waals surface area (Å²) >= 11 is 0. The van der Waals surface area contributed by atoms with Crippen LogP contribution in [0.3, 0.4) is 0 Å². The van der Waals surface area contributed by atoms with Gasteiger partial charge in [0.2, 0.25) is 5.95 Å². The molecule has 0 saturated heterocycles. The Balaban J connectivity index is 1.82. The Labute approximate surface area is 199 Å². The van der Waals surface area contributed by atoms with Crippen LogP contribution in [0.4, 0.5) is 8.78 Å². The molecule has 7 heteroatoms. The van der Waals surface area contributed by atoms with E-state index in [1.54, 1.807) is 54.6 Å². The lowest BCUT2D eigenvalue weighted by Gasteiger charge is -2.19. The maximum atomic E-state index is 15.1. The second-order valence-electron chi connectivity index (χ2n) is 8.37. The molecule has 0 amide bonds. The third-order valence-electron chi connectivity index (χ3n) is 6.10. The number of rotatable bonds is 6. The third-order valence-corrected chi connectivity index (χ3v) is 6.10. The lowest BCUT2D eigenvalue weighted by molar-refractivity contribution is -0.131. The first-order valence-corrected chi connectivity index (χ1v) is 11.1. The number of hydrogen-bond donors (Lipinski definition) is 2. The van der Waals surface area contributed by atoms with E-state index in [-0.39, 0.29) is 22.7 Å². The number of benzene rings is 3. The summed E-state index contributed by atoms with van der Waals surface area (Å²) in [7, 11) is 0. The van der Waals surface area contributed by atoms with Gasteiger partial charge in [0, 0.05) is 17.2 Å². The van der Waals surface area contributed by atoms with Gasteiger partial charge in [-0.05, 0) is 59.2 Å². The van der Waals surface area contributed by atoms with Gasteiger partial charge in [-0.15, -0.1) is 0 Å². The van der Waals surface area contributed by atoms with Crippen molar-refractivity contribution in [3.8, 4) is 6.07 Å². The first-order valence-electron chi connectivity index (χ1n) is 11.1. The van der Waals surface area contributed by atoms with Crippen LogP contribution in [0.2, 0.25) is 0 Å². The normalized spacial score (nSPS) is 14.2. The molecule has 0 atom stereocenters. The number of nitrogens with zero attached hydrogens (tertiary/aromatic N) is 2. The smallest absolute Gasteiger partial charge is 0.328 e. The van der Waals surface area contributed by atoms with Gasteiger partial charge in [0.1, 0.15) is 11.9 Å². The molecule has 172 valence electrons. The predicted octanol–water partition coefficient (Wildman–Crippen LogP) is 6.18. The van der Waals surface area contributed by atoms with E-state index in [1.165, 1.54) is 12.1 Å². The summed E-state index contributed by atoms with van der Waals surface area (Å²) in [4.78, 5) is 10.9. The minimum Gasteiger partial charge on any atom is -0.478 e. The van der Waals surface area contributed by atoms with Crippen LogP contribution in [0.1, 0.15) is 40.7 Å². The molecule has 0 bridgehead atoms. The van der Waals surface area contributed by atoms with Crippen LogP contribution < -0.4 is 0 Å². The largest absolute Gasteiger partial charge is 0.478 e. The van der Waals surface area contributed by atoms with Crippen LogP contribution in [0, 0.1) is 29.0 Å². The van der Waals surface area contributed by atoms with E-state index in [0.29, 0.717) is 33.3 Å². The van der Waals surface area contributed by atoms with Crippen molar-refractivity contribution in [1.82, 2.24) is 10.2 Å². The number of carbonyl (C=O) groups is 1.